The summed E-state index contributed by atoms with van der Waals surface area (Å²) in [7, 11) is 0. The van der Waals surface area contributed by atoms with Crippen LogP contribution in [0, 0.1) is 5.82 Å². The summed E-state index contributed by atoms with van der Waals surface area (Å²) < 4.78 is 12.4. The lowest BCUT2D eigenvalue weighted by atomic mass is 10.1. The molecule has 3 rings (SSSR count). The van der Waals surface area contributed by atoms with Crippen LogP contribution in [0.2, 0.25) is 0 Å². The first-order valence-electron chi connectivity index (χ1n) is 6.96. The smallest absolute Gasteiger partial charge is 0.337 e. The van der Waals surface area contributed by atoms with Crippen LogP contribution in [-0.2, 0) is 4.79 Å². The maximum Gasteiger partial charge on any atom is 0.337 e. The number of hydrogen-bond acceptors (Lipinski definition) is 3. The van der Waals surface area contributed by atoms with Crippen LogP contribution in [-0.4, -0.2) is 22.2 Å². The highest BCUT2D eigenvalue weighted by atomic mass is 19.1. The quantitative estimate of drug-likeness (QED) is 0.813. The highest BCUT2D eigenvalue weighted by Crippen LogP contribution is 2.38. The van der Waals surface area contributed by atoms with E-state index in [0.29, 0.717) is 17.5 Å². The van der Waals surface area contributed by atoms with Crippen molar-refractivity contribution in [3.05, 3.63) is 71.5 Å². The number of halogens is 1. The lowest BCUT2D eigenvalue weighted by molar-refractivity contribution is -0.146. The van der Waals surface area contributed by atoms with E-state index < -0.39 is 12.1 Å². The molecular formula is C17H18FNO3. The molecule has 1 fully saturated rings. The minimum Gasteiger partial charge on any atom is -0.479 e. The number of nitrogens with two attached hydrogens (primary N) is 1. The molecule has 0 saturated heterocycles. The van der Waals surface area contributed by atoms with Crippen molar-refractivity contribution in [2.75, 3.05) is 0 Å². The molecule has 22 heavy (non-hydrogen) atoms. The monoisotopic (exact) mass is 303 g/mol. The number of rotatable bonds is 3. The van der Waals surface area contributed by atoms with E-state index in [-0.39, 0.29) is 5.82 Å². The number of carboxylic acids is 1. The number of aliphatic hydroxyl groups is 1. The summed E-state index contributed by atoms with van der Waals surface area (Å²) in [5.41, 5.74) is 7.21. The third-order valence-corrected chi connectivity index (χ3v) is 3.49. The van der Waals surface area contributed by atoms with Gasteiger partial charge < -0.3 is 15.9 Å². The zero-order valence-electron chi connectivity index (χ0n) is 11.9. The van der Waals surface area contributed by atoms with Crippen LogP contribution in [0.1, 0.15) is 29.6 Å². The second kappa shape index (κ2) is 7.15. The van der Waals surface area contributed by atoms with E-state index in [0.717, 1.165) is 6.42 Å². The van der Waals surface area contributed by atoms with Crippen LogP contribution < -0.4 is 5.73 Å². The summed E-state index contributed by atoms with van der Waals surface area (Å²) in [6.07, 6.45) is -0.359. The van der Waals surface area contributed by atoms with Crippen LogP contribution in [0.5, 0.6) is 0 Å². The van der Waals surface area contributed by atoms with E-state index in [1.54, 1.807) is 30.3 Å². The molecule has 0 aromatic heterocycles. The Kier molecular flexibility index (Phi) is 5.25. The Morgan fingerprint density at radius 1 is 1.14 bits per heavy atom. The maximum atomic E-state index is 12.4. The summed E-state index contributed by atoms with van der Waals surface area (Å²) in [4.78, 5) is 10.2. The molecule has 0 bridgehead atoms. The molecule has 0 radical (unpaired) electrons. The molecule has 0 aliphatic heterocycles. The van der Waals surface area contributed by atoms with Gasteiger partial charge in [-0.1, -0.05) is 42.5 Å². The van der Waals surface area contributed by atoms with Crippen LogP contribution in [0.4, 0.5) is 4.39 Å². The van der Waals surface area contributed by atoms with Gasteiger partial charge in [-0.3, -0.25) is 0 Å². The first-order chi connectivity index (χ1) is 10.5. The molecule has 116 valence electrons. The van der Waals surface area contributed by atoms with E-state index in [4.69, 9.17) is 15.9 Å². The van der Waals surface area contributed by atoms with Crippen molar-refractivity contribution in [2.45, 2.75) is 24.5 Å². The Morgan fingerprint density at radius 3 is 2.14 bits per heavy atom. The second-order valence-electron chi connectivity index (χ2n) is 5.21. The molecule has 3 atom stereocenters. The van der Waals surface area contributed by atoms with Gasteiger partial charge in [0.05, 0.1) is 0 Å². The zero-order chi connectivity index (χ0) is 16.1. The first-order valence-corrected chi connectivity index (χ1v) is 6.96. The molecule has 0 unspecified atom stereocenters. The van der Waals surface area contributed by atoms with Gasteiger partial charge in [0.15, 0.2) is 6.10 Å². The minimum atomic E-state index is -1.41. The number of aliphatic carboxylic acids is 1. The Hall–Kier alpha value is -2.24. The SMILES string of the molecule is N[C@@H]1C[C@H]1c1ccc(F)cc1.O=C(O)[C@H](O)c1ccccc1. The Balaban J connectivity index is 0.000000160. The molecular weight excluding hydrogens is 285 g/mol. The number of carboxylic acid groups (broad SMARTS) is 1. The molecule has 0 spiro atoms. The Bertz CT molecular complexity index is 616. The molecule has 1 aliphatic carbocycles. The van der Waals surface area contributed by atoms with Gasteiger partial charge in [0.2, 0.25) is 0 Å². The van der Waals surface area contributed by atoms with Gasteiger partial charge >= 0.3 is 5.97 Å². The third-order valence-electron chi connectivity index (χ3n) is 3.49. The average molecular weight is 303 g/mol. The van der Waals surface area contributed by atoms with E-state index in [1.165, 1.54) is 17.7 Å². The number of hydrogen-bond donors (Lipinski definition) is 3. The van der Waals surface area contributed by atoms with Crippen LogP contribution in [0.15, 0.2) is 54.6 Å². The number of carbonyl (C=O) groups is 1. The highest BCUT2D eigenvalue weighted by Gasteiger charge is 2.34. The molecule has 5 heteroatoms. The van der Waals surface area contributed by atoms with Crippen molar-refractivity contribution in [1.29, 1.82) is 0 Å². The van der Waals surface area contributed by atoms with Gasteiger partial charge in [-0.2, -0.15) is 0 Å². The van der Waals surface area contributed by atoms with E-state index in [1.807, 2.05) is 12.1 Å². The lowest BCUT2D eigenvalue weighted by Gasteiger charge is -2.03. The van der Waals surface area contributed by atoms with Crippen LogP contribution in [0.25, 0.3) is 0 Å². The van der Waals surface area contributed by atoms with Crippen molar-refractivity contribution in [3.8, 4) is 0 Å². The fourth-order valence-electron chi connectivity index (χ4n) is 2.09. The van der Waals surface area contributed by atoms with Crippen molar-refractivity contribution in [3.63, 3.8) is 0 Å². The molecule has 0 heterocycles. The summed E-state index contributed by atoms with van der Waals surface area (Å²) in [6, 6.07) is 15.2. The Labute approximate surface area is 128 Å². The van der Waals surface area contributed by atoms with Gasteiger partial charge in [-0.05, 0) is 29.7 Å². The molecule has 2 aromatic rings. The lowest BCUT2D eigenvalue weighted by Crippen LogP contribution is -2.09. The minimum absolute atomic E-state index is 0.178. The fraction of sp³-hybridized carbons (Fsp3) is 0.235. The topological polar surface area (TPSA) is 83.6 Å². The summed E-state index contributed by atoms with van der Waals surface area (Å²) in [5, 5.41) is 17.4. The molecule has 2 aromatic carbocycles. The van der Waals surface area contributed by atoms with Gasteiger partial charge in [-0.25, -0.2) is 9.18 Å². The Morgan fingerprint density at radius 2 is 1.68 bits per heavy atom. The fourth-order valence-corrected chi connectivity index (χ4v) is 2.09. The van der Waals surface area contributed by atoms with Crippen molar-refractivity contribution >= 4 is 5.97 Å². The predicted molar refractivity (Wildman–Crippen MR) is 80.8 cm³/mol. The summed E-state index contributed by atoms with van der Waals surface area (Å²) in [5.74, 6) is -0.922. The maximum absolute atomic E-state index is 12.4. The largest absolute Gasteiger partial charge is 0.479 e. The van der Waals surface area contributed by atoms with Gasteiger partial charge in [0, 0.05) is 12.0 Å². The third kappa shape index (κ3) is 4.38. The predicted octanol–water partition coefficient (Wildman–Crippen LogP) is 2.44. The summed E-state index contributed by atoms with van der Waals surface area (Å²) >= 11 is 0. The van der Waals surface area contributed by atoms with Gasteiger partial charge in [0.1, 0.15) is 5.82 Å². The zero-order valence-corrected chi connectivity index (χ0v) is 11.9. The second-order valence-corrected chi connectivity index (χ2v) is 5.21. The molecule has 4 nitrogen and oxygen atoms in total. The van der Waals surface area contributed by atoms with Crippen LogP contribution in [0.3, 0.4) is 0 Å². The average Bonchev–Trinajstić information content (AvgIpc) is 3.25. The van der Waals surface area contributed by atoms with Gasteiger partial charge in [0.25, 0.3) is 0 Å². The van der Waals surface area contributed by atoms with Crippen molar-refractivity contribution in [2.24, 2.45) is 5.73 Å². The first kappa shape index (κ1) is 16.1. The van der Waals surface area contributed by atoms with E-state index >= 15 is 0 Å². The number of benzene rings is 2. The summed E-state index contributed by atoms with van der Waals surface area (Å²) in [6.45, 7) is 0. The molecule has 1 saturated carbocycles. The number of aliphatic hydroxyl groups excluding tert-OH is 1. The van der Waals surface area contributed by atoms with Crippen molar-refractivity contribution in [1.82, 2.24) is 0 Å². The van der Waals surface area contributed by atoms with E-state index in [9.17, 15) is 9.18 Å². The normalized spacial score (nSPS) is 20.5. The van der Waals surface area contributed by atoms with Crippen molar-refractivity contribution < 1.29 is 19.4 Å². The molecule has 1 aliphatic rings. The molecule has 0 amide bonds. The van der Waals surface area contributed by atoms with Gasteiger partial charge in [-0.15, -0.1) is 0 Å². The van der Waals surface area contributed by atoms with E-state index in [2.05, 4.69) is 0 Å². The standard InChI is InChI=1S/C9H10FN.C8H8O3/c10-7-3-1-6(2-4-7)8-5-9(8)11;9-7(8(10)11)6-4-2-1-3-5-6/h1-4,8-9H,5,11H2;1-5,7,9H,(H,10,11)/t8-,9+;7-/m01/s1. The molecule has 4 N–H and O–H groups in total. The van der Waals surface area contributed by atoms with Crippen LogP contribution >= 0.6 is 0 Å². The highest BCUT2D eigenvalue weighted by molar-refractivity contribution is 5.73.